The molecular formula is C16H27NO5S2. The first-order valence-electron chi connectivity index (χ1n) is 8.41. The summed E-state index contributed by atoms with van der Waals surface area (Å²) in [4.78, 5) is 0. The third-order valence-corrected chi connectivity index (χ3v) is 7.17. The highest BCUT2D eigenvalue weighted by Gasteiger charge is 2.30. The summed E-state index contributed by atoms with van der Waals surface area (Å²) in [6.45, 7) is 5.26. The predicted octanol–water partition coefficient (Wildman–Crippen LogP) is 2.35. The fourth-order valence-corrected chi connectivity index (χ4v) is 5.06. The first kappa shape index (κ1) is 19.8. The maximum atomic E-state index is 12.5. The minimum Gasteiger partial charge on any atom is -0.391 e. The molecule has 0 aromatic carbocycles. The van der Waals surface area contributed by atoms with Crippen molar-refractivity contribution in [2.45, 2.75) is 62.2 Å². The summed E-state index contributed by atoms with van der Waals surface area (Å²) < 4.78 is 38.9. The maximum absolute atomic E-state index is 12.5. The first-order valence-corrected chi connectivity index (χ1v) is 10.8. The average Bonchev–Trinajstić information content (AvgIpc) is 3.13. The highest BCUT2D eigenvalue weighted by molar-refractivity contribution is 7.91. The van der Waals surface area contributed by atoms with Gasteiger partial charge in [0.05, 0.1) is 25.4 Å². The number of aliphatic hydroxyl groups is 1. The Morgan fingerprint density at radius 3 is 2.71 bits per heavy atom. The van der Waals surface area contributed by atoms with Crippen molar-refractivity contribution < 1.29 is 23.0 Å². The van der Waals surface area contributed by atoms with Crippen molar-refractivity contribution >= 4 is 21.4 Å². The number of ether oxygens (including phenoxy) is 2. The van der Waals surface area contributed by atoms with Crippen molar-refractivity contribution in [2.24, 2.45) is 5.92 Å². The Balaban J connectivity index is 1.98. The summed E-state index contributed by atoms with van der Waals surface area (Å²) in [5, 5.41) is 12.3. The van der Waals surface area contributed by atoms with Crippen molar-refractivity contribution in [1.82, 2.24) is 4.72 Å². The fraction of sp³-hybridized carbons (Fsp3) is 0.750. The fourth-order valence-electron chi connectivity index (χ4n) is 2.67. The molecule has 3 atom stereocenters. The lowest BCUT2D eigenvalue weighted by atomic mass is 9.93. The quantitative estimate of drug-likeness (QED) is 0.690. The zero-order chi connectivity index (χ0) is 17.6. The van der Waals surface area contributed by atoms with Gasteiger partial charge in [0, 0.05) is 6.42 Å². The zero-order valence-electron chi connectivity index (χ0n) is 14.2. The normalized spacial score (nSPS) is 20.6. The van der Waals surface area contributed by atoms with E-state index >= 15 is 0 Å². The molecule has 138 valence electrons. The molecule has 1 fully saturated rings. The van der Waals surface area contributed by atoms with Gasteiger partial charge in [0.25, 0.3) is 0 Å². The number of sulfonamides is 1. The van der Waals surface area contributed by atoms with Crippen molar-refractivity contribution in [3.63, 3.8) is 0 Å². The van der Waals surface area contributed by atoms with Crippen LogP contribution in [0.5, 0.6) is 0 Å². The van der Waals surface area contributed by atoms with Gasteiger partial charge in [0.1, 0.15) is 4.21 Å². The summed E-state index contributed by atoms with van der Waals surface area (Å²) in [6.07, 6.45) is 1.53. The van der Waals surface area contributed by atoms with E-state index in [0.717, 1.165) is 12.8 Å². The molecule has 2 N–H and O–H groups in total. The molecule has 1 aliphatic heterocycles. The first-order chi connectivity index (χ1) is 11.4. The summed E-state index contributed by atoms with van der Waals surface area (Å²) in [5.74, 6) is 0.0166. The standard InChI is InChI=1S/C16H27NO5S2/c1-3-12(2)16(17-24(19,20)15-6-4-11-23-15)13(18)7-8-14-21-9-5-10-22-14/h4,6,11-14,16-18H,3,5,7-10H2,1-2H3/t12-,13?,16-/m0/s1. The summed E-state index contributed by atoms with van der Waals surface area (Å²) >= 11 is 1.17. The number of nitrogens with one attached hydrogen (secondary N) is 1. The summed E-state index contributed by atoms with van der Waals surface area (Å²) in [5.41, 5.74) is 0. The van der Waals surface area contributed by atoms with Gasteiger partial charge in [-0.05, 0) is 30.2 Å². The van der Waals surface area contributed by atoms with Crippen LogP contribution >= 0.6 is 11.3 Å². The number of aliphatic hydroxyl groups excluding tert-OH is 1. The van der Waals surface area contributed by atoms with Gasteiger partial charge in [-0.1, -0.05) is 26.3 Å². The second-order valence-corrected chi connectivity index (χ2v) is 9.02. The molecule has 0 bridgehead atoms. The highest BCUT2D eigenvalue weighted by atomic mass is 32.2. The van der Waals surface area contributed by atoms with Gasteiger partial charge in [-0.3, -0.25) is 0 Å². The van der Waals surface area contributed by atoms with Crippen LogP contribution < -0.4 is 4.72 Å². The van der Waals surface area contributed by atoms with E-state index < -0.39 is 22.2 Å². The molecule has 2 rings (SSSR count). The third-order valence-electron chi connectivity index (χ3n) is 4.32. The number of rotatable bonds is 9. The van der Waals surface area contributed by atoms with E-state index in [1.54, 1.807) is 17.5 Å². The molecule has 24 heavy (non-hydrogen) atoms. The van der Waals surface area contributed by atoms with Crippen LogP contribution in [0.1, 0.15) is 39.5 Å². The van der Waals surface area contributed by atoms with Crippen LogP contribution in [0.15, 0.2) is 21.7 Å². The molecule has 0 radical (unpaired) electrons. The Bertz CT molecular complexity index is 569. The SMILES string of the molecule is CC[C@H](C)[C@H](NS(=O)(=O)c1cccs1)C(O)CCC1OCCCO1. The van der Waals surface area contributed by atoms with Gasteiger partial charge in [-0.2, -0.15) is 0 Å². The van der Waals surface area contributed by atoms with E-state index in [1.807, 2.05) is 13.8 Å². The topological polar surface area (TPSA) is 84.9 Å². The van der Waals surface area contributed by atoms with E-state index in [4.69, 9.17) is 9.47 Å². The van der Waals surface area contributed by atoms with Gasteiger partial charge in [-0.25, -0.2) is 13.1 Å². The van der Waals surface area contributed by atoms with Gasteiger partial charge < -0.3 is 14.6 Å². The zero-order valence-corrected chi connectivity index (χ0v) is 15.8. The van der Waals surface area contributed by atoms with E-state index in [9.17, 15) is 13.5 Å². The van der Waals surface area contributed by atoms with Crippen LogP contribution in [0.4, 0.5) is 0 Å². The highest BCUT2D eigenvalue weighted by Crippen LogP contribution is 2.22. The summed E-state index contributed by atoms with van der Waals surface area (Å²) in [6, 6.07) is 2.73. The molecule has 1 aromatic rings. The lowest BCUT2D eigenvalue weighted by Gasteiger charge is -2.30. The molecule has 6 nitrogen and oxygen atoms in total. The molecular weight excluding hydrogens is 350 g/mol. The Hall–Kier alpha value is -0.510. The van der Waals surface area contributed by atoms with Crippen LogP contribution in [0.2, 0.25) is 0 Å². The average molecular weight is 378 g/mol. The smallest absolute Gasteiger partial charge is 0.250 e. The number of hydrogen-bond donors (Lipinski definition) is 2. The van der Waals surface area contributed by atoms with Crippen molar-refractivity contribution in [2.75, 3.05) is 13.2 Å². The Kier molecular flexibility index (Phi) is 7.64. The molecule has 1 unspecified atom stereocenters. The minimum atomic E-state index is -3.61. The minimum absolute atomic E-state index is 0.0166. The van der Waals surface area contributed by atoms with Crippen LogP contribution in [-0.4, -0.2) is 45.2 Å². The van der Waals surface area contributed by atoms with Crippen LogP contribution in [0.3, 0.4) is 0 Å². The van der Waals surface area contributed by atoms with E-state index in [-0.39, 0.29) is 16.4 Å². The van der Waals surface area contributed by atoms with Gasteiger partial charge in [-0.15, -0.1) is 11.3 Å². The van der Waals surface area contributed by atoms with Gasteiger partial charge >= 0.3 is 0 Å². The Labute approximate surface area is 148 Å². The molecule has 0 amide bonds. The lowest BCUT2D eigenvalue weighted by Crippen LogP contribution is -2.47. The Morgan fingerprint density at radius 2 is 2.12 bits per heavy atom. The molecule has 1 aliphatic rings. The monoisotopic (exact) mass is 377 g/mol. The Morgan fingerprint density at radius 1 is 1.42 bits per heavy atom. The van der Waals surface area contributed by atoms with Crippen molar-refractivity contribution in [1.29, 1.82) is 0 Å². The second kappa shape index (κ2) is 9.26. The van der Waals surface area contributed by atoms with Gasteiger partial charge in [0.2, 0.25) is 10.0 Å². The van der Waals surface area contributed by atoms with Crippen LogP contribution in [0, 0.1) is 5.92 Å². The van der Waals surface area contributed by atoms with Crippen LogP contribution in [-0.2, 0) is 19.5 Å². The van der Waals surface area contributed by atoms with Crippen molar-refractivity contribution in [3.05, 3.63) is 17.5 Å². The molecule has 2 heterocycles. The third kappa shape index (κ3) is 5.50. The molecule has 1 saturated heterocycles. The molecule has 1 aromatic heterocycles. The second-order valence-electron chi connectivity index (χ2n) is 6.13. The van der Waals surface area contributed by atoms with Gasteiger partial charge in [0.15, 0.2) is 6.29 Å². The molecule has 0 aliphatic carbocycles. The lowest BCUT2D eigenvalue weighted by molar-refractivity contribution is -0.184. The van der Waals surface area contributed by atoms with E-state index in [2.05, 4.69) is 4.72 Å². The number of hydrogen-bond acceptors (Lipinski definition) is 6. The van der Waals surface area contributed by atoms with E-state index in [1.165, 1.54) is 11.3 Å². The molecule has 8 heteroatoms. The van der Waals surface area contributed by atoms with Crippen LogP contribution in [0.25, 0.3) is 0 Å². The largest absolute Gasteiger partial charge is 0.391 e. The maximum Gasteiger partial charge on any atom is 0.250 e. The van der Waals surface area contributed by atoms with Crippen molar-refractivity contribution in [3.8, 4) is 0 Å². The molecule has 0 saturated carbocycles. The number of thiophene rings is 1. The van der Waals surface area contributed by atoms with E-state index in [0.29, 0.717) is 26.1 Å². The molecule has 0 spiro atoms. The summed E-state index contributed by atoms with van der Waals surface area (Å²) in [7, 11) is -3.61. The predicted molar refractivity (Wildman–Crippen MR) is 93.4 cm³/mol.